The molecule has 1 aromatic rings. The summed E-state index contributed by atoms with van der Waals surface area (Å²) in [4.78, 5) is 0. The van der Waals surface area contributed by atoms with Gasteiger partial charge in [-0.25, -0.2) is 8.78 Å². The van der Waals surface area contributed by atoms with Gasteiger partial charge in [0.05, 0.1) is 0 Å². The van der Waals surface area contributed by atoms with E-state index >= 15 is 0 Å². The van der Waals surface area contributed by atoms with E-state index in [-0.39, 0.29) is 5.75 Å². The van der Waals surface area contributed by atoms with Crippen LogP contribution in [0.1, 0.15) is 19.8 Å². The summed E-state index contributed by atoms with van der Waals surface area (Å²) >= 11 is 0. The lowest BCUT2D eigenvalue weighted by atomic mass is 10.2. The number of rotatable bonds is 6. The summed E-state index contributed by atoms with van der Waals surface area (Å²) in [5, 5.41) is 3.33. The van der Waals surface area contributed by atoms with Crippen LogP contribution < -0.4 is 10.1 Å². The Bertz CT molecular complexity index is 359. The Hall–Kier alpha value is -1.16. The van der Waals surface area contributed by atoms with E-state index in [9.17, 15) is 8.78 Å². The molecule has 0 amide bonds. The van der Waals surface area contributed by atoms with Crippen molar-refractivity contribution < 1.29 is 13.5 Å². The predicted molar refractivity (Wildman–Crippen MR) is 62.0 cm³/mol. The molecule has 1 aliphatic rings. The Morgan fingerprint density at radius 1 is 1.29 bits per heavy atom. The van der Waals surface area contributed by atoms with Gasteiger partial charge in [-0.3, -0.25) is 0 Å². The van der Waals surface area contributed by atoms with Crippen molar-refractivity contribution in [3.05, 3.63) is 29.8 Å². The topological polar surface area (TPSA) is 21.3 Å². The number of ether oxygens (including phenoxy) is 1. The molecule has 17 heavy (non-hydrogen) atoms. The normalized spacial score (nSPS) is 16.9. The SMILES string of the molecule is CC(NCCOc1cc(F)cc(F)c1)C1CC1. The molecule has 2 rings (SSSR count). The highest BCUT2D eigenvalue weighted by atomic mass is 19.1. The molecule has 0 bridgehead atoms. The largest absolute Gasteiger partial charge is 0.492 e. The molecule has 0 aliphatic heterocycles. The van der Waals surface area contributed by atoms with E-state index in [2.05, 4.69) is 12.2 Å². The van der Waals surface area contributed by atoms with Crippen LogP contribution in [0.15, 0.2) is 18.2 Å². The molecule has 0 spiro atoms. The monoisotopic (exact) mass is 241 g/mol. The van der Waals surface area contributed by atoms with Crippen LogP contribution in [0.5, 0.6) is 5.75 Å². The van der Waals surface area contributed by atoms with Crippen molar-refractivity contribution in [1.82, 2.24) is 5.32 Å². The van der Waals surface area contributed by atoms with Gasteiger partial charge >= 0.3 is 0 Å². The van der Waals surface area contributed by atoms with E-state index in [0.29, 0.717) is 19.2 Å². The minimum atomic E-state index is -0.612. The number of hydrogen-bond acceptors (Lipinski definition) is 2. The summed E-state index contributed by atoms with van der Waals surface area (Å²) < 4.78 is 31.0. The van der Waals surface area contributed by atoms with E-state index in [1.165, 1.54) is 25.0 Å². The van der Waals surface area contributed by atoms with E-state index in [4.69, 9.17) is 4.74 Å². The summed E-state index contributed by atoms with van der Waals surface area (Å²) in [6.07, 6.45) is 2.59. The van der Waals surface area contributed by atoms with Crippen molar-refractivity contribution in [3.63, 3.8) is 0 Å². The summed E-state index contributed by atoms with van der Waals surface area (Å²) in [6, 6.07) is 3.71. The molecule has 4 heteroatoms. The molecular formula is C13H17F2NO. The van der Waals surface area contributed by atoms with Crippen LogP contribution in [0.3, 0.4) is 0 Å². The highest BCUT2D eigenvalue weighted by Crippen LogP contribution is 2.32. The summed E-state index contributed by atoms with van der Waals surface area (Å²) in [5.74, 6) is -0.191. The lowest BCUT2D eigenvalue weighted by molar-refractivity contribution is 0.300. The van der Waals surface area contributed by atoms with Crippen LogP contribution in [0, 0.1) is 17.6 Å². The second-order valence-electron chi connectivity index (χ2n) is 4.53. The minimum Gasteiger partial charge on any atom is -0.492 e. The number of benzene rings is 1. The molecule has 0 heterocycles. The van der Waals surface area contributed by atoms with Gasteiger partial charge in [-0.1, -0.05) is 0 Å². The van der Waals surface area contributed by atoms with Crippen molar-refractivity contribution in [2.75, 3.05) is 13.2 Å². The Morgan fingerprint density at radius 2 is 1.94 bits per heavy atom. The molecule has 1 unspecified atom stereocenters. The van der Waals surface area contributed by atoms with Gasteiger partial charge in [-0.15, -0.1) is 0 Å². The zero-order valence-corrected chi connectivity index (χ0v) is 9.88. The first-order valence-electron chi connectivity index (χ1n) is 5.97. The Labute approximate surface area is 100.0 Å². The molecule has 1 atom stereocenters. The van der Waals surface area contributed by atoms with Crippen molar-refractivity contribution in [2.45, 2.75) is 25.8 Å². The highest BCUT2D eigenvalue weighted by molar-refractivity contribution is 5.23. The number of nitrogens with one attached hydrogen (secondary N) is 1. The molecule has 0 aromatic heterocycles. The molecule has 1 saturated carbocycles. The third-order valence-corrected chi connectivity index (χ3v) is 3.00. The van der Waals surface area contributed by atoms with Crippen LogP contribution in [0.2, 0.25) is 0 Å². The Balaban J connectivity index is 1.70. The van der Waals surface area contributed by atoms with Gasteiger partial charge in [0.2, 0.25) is 0 Å². The van der Waals surface area contributed by atoms with Gasteiger partial charge in [0.15, 0.2) is 0 Å². The van der Waals surface area contributed by atoms with Crippen molar-refractivity contribution in [3.8, 4) is 5.75 Å². The van der Waals surface area contributed by atoms with Crippen LogP contribution in [0.4, 0.5) is 8.78 Å². The van der Waals surface area contributed by atoms with Crippen LogP contribution in [-0.4, -0.2) is 19.2 Å². The average Bonchev–Trinajstić information content (AvgIpc) is 3.06. The molecule has 94 valence electrons. The first-order chi connectivity index (χ1) is 8.15. The molecule has 0 saturated heterocycles. The Kier molecular flexibility index (Phi) is 3.94. The fraction of sp³-hybridized carbons (Fsp3) is 0.538. The van der Waals surface area contributed by atoms with Crippen LogP contribution >= 0.6 is 0 Å². The number of hydrogen-bond donors (Lipinski definition) is 1. The fourth-order valence-corrected chi connectivity index (χ4v) is 1.83. The quantitative estimate of drug-likeness (QED) is 0.773. The third kappa shape index (κ3) is 3.97. The first-order valence-corrected chi connectivity index (χ1v) is 5.97. The minimum absolute atomic E-state index is 0.239. The number of halogens is 2. The van der Waals surface area contributed by atoms with Gasteiger partial charge in [0.25, 0.3) is 0 Å². The maximum Gasteiger partial charge on any atom is 0.129 e. The molecule has 1 aromatic carbocycles. The van der Waals surface area contributed by atoms with Crippen LogP contribution in [0.25, 0.3) is 0 Å². The smallest absolute Gasteiger partial charge is 0.129 e. The zero-order chi connectivity index (χ0) is 12.3. The van der Waals surface area contributed by atoms with Gasteiger partial charge in [0, 0.05) is 30.8 Å². The van der Waals surface area contributed by atoms with Crippen molar-refractivity contribution in [1.29, 1.82) is 0 Å². The highest BCUT2D eigenvalue weighted by Gasteiger charge is 2.27. The molecule has 0 radical (unpaired) electrons. The molecular weight excluding hydrogens is 224 g/mol. The van der Waals surface area contributed by atoms with Crippen LogP contribution in [-0.2, 0) is 0 Å². The third-order valence-electron chi connectivity index (χ3n) is 3.00. The first kappa shape index (κ1) is 12.3. The fourth-order valence-electron chi connectivity index (χ4n) is 1.83. The molecule has 1 fully saturated rings. The van der Waals surface area contributed by atoms with Gasteiger partial charge in [0.1, 0.15) is 24.0 Å². The standard InChI is InChI=1S/C13H17F2NO/c1-9(10-2-3-10)16-4-5-17-13-7-11(14)6-12(15)8-13/h6-10,16H,2-5H2,1H3. The molecule has 2 nitrogen and oxygen atoms in total. The second kappa shape index (κ2) is 5.45. The van der Waals surface area contributed by atoms with Crippen molar-refractivity contribution in [2.24, 2.45) is 5.92 Å². The lowest BCUT2D eigenvalue weighted by Crippen LogP contribution is -2.31. The molecule has 1 aliphatic carbocycles. The second-order valence-corrected chi connectivity index (χ2v) is 4.53. The van der Waals surface area contributed by atoms with E-state index < -0.39 is 11.6 Å². The average molecular weight is 241 g/mol. The predicted octanol–water partition coefficient (Wildman–Crippen LogP) is 2.73. The summed E-state index contributed by atoms with van der Waals surface area (Å²) in [5.41, 5.74) is 0. The maximum atomic E-state index is 12.8. The van der Waals surface area contributed by atoms with E-state index in [1.807, 2.05) is 0 Å². The van der Waals surface area contributed by atoms with E-state index in [0.717, 1.165) is 12.0 Å². The summed E-state index contributed by atoms with van der Waals surface area (Å²) in [6.45, 7) is 3.26. The Morgan fingerprint density at radius 3 is 2.53 bits per heavy atom. The van der Waals surface area contributed by atoms with Gasteiger partial charge in [-0.2, -0.15) is 0 Å². The van der Waals surface area contributed by atoms with E-state index in [1.54, 1.807) is 0 Å². The van der Waals surface area contributed by atoms with Crippen molar-refractivity contribution >= 4 is 0 Å². The van der Waals surface area contributed by atoms with Gasteiger partial charge < -0.3 is 10.1 Å². The summed E-state index contributed by atoms with van der Waals surface area (Å²) in [7, 11) is 0. The lowest BCUT2D eigenvalue weighted by Gasteiger charge is -2.13. The molecule has 1 N–H and O–H groups in total. The van der Waals surface area contributed by atoms with Gasteiger partial charge in [-0.05, 0) is 25.7 Å². The maximum absolute atomic E-state index is 12.8. The zero-order valence-electron chi connectivity index (χ0n) is 9.88.